The molecule has 0 radical (unpaired) electrons. The van der Waals surface area contributed by atoms with Crippen LogP contribution in [-0.2, 0) is 21.3 Å². The Morgan fingerprint density at radius 1 is 1.20 bits per heavy atom. The van der Waals surface area contributed by atoms with Gasteiger partial charge < -0.3 is 20.5 Å². The van der Waals surface area contributed by atoms with Gasteiger partial charge in [0.15, 0.2) is 0 Å². The molecule has 10 nitrogen and oxygen atoms in total. The number of amides is 1. The molecule has 1 amide bonds. The normalized spacial score (nSPS) is 22.9. The van der Waals surface area contributed by atoms with E-state index in [-0.39, 0.29) is 35.2 Å². The number of nitrogens with one attached hydrogen (secondary N) is 1. The van der Waals surface area contributed by atoms with Crippen LogP contribution in [0.2, 0.25) is 0 Å². The second-order valence-corrected chi connectivity index (χ2v) is 12.1. The van der Waals surface area contributed by atoms with Gasteiger partial charge in [0.1, 0.15) is 17.5 Å². The Kier molecular flexibility index (Phi) is 8.48. The highest BCUT2D eigenvalue weighted by Gasteiger charge is 2.37. The van der Waals surface area contributed by atoms with E-state index in [1.54, 1.807) is 35.2 Å². The Hall–Kier alpha value is -4.47. The average Bonchev–Trinajstić information content (AvgIpc) is 3.44. The minimum atomic E-state index is -0.992. The van der Waals surface area contributed by atoms with Gasteiger partial charge in [-0.05, 0) is 84.5 Å². The number of methoxy groups -OCH3 is 1. The third kappa shape index (κ3) is 5.85. The van der Waals surface area contributed by atoms with Crippen molar-refractivity contribution in [1.29, 1.82) is 5.26 Å². The molecule has 45 heavy (non-hydrogen) atoms. The molecule has 2 aliphatic rings. The van der Waals surface area contributed by atoms with Crippen molar-refractivity contribution in [2.24, 2.45) is 11.7 Å². The molecule has 2 fully saturated rings. The number of aromatic nitrogens is 4. The van der Waals surface area contributed by atoms with Crippen LogP contribution in [0.3, 0.4) is 0 Å². The van der Waals surface area contributed by atoms with E-state index in [2.05, 4.69) is 33.4 Å². The standard InChI is InChI=1S/C33H35F2N7O3/c1-19-11-20(12-27(37)31(19)40-32(43)44-2)24-5-8-38-16-21(24)13-29-39-17-23-3-4-28(41-42(23)29)30-25(34)14-22(15-26(30)35)33(18-36)6-9-45-10-7-33/h3-5,8,14-17,19-20,27,31H,6-7,9-13,37H2,1-2H3,(H,40,43)/t19-,20+,27+,31-/m0/s1. The lowest BCUT2D eigenvalue weighted by molar-refractivity contribution is 0.0674. The third-order valence-corrected chi connectivity index (χ3v) is 9.35. The highest BCUT2D eigenvalue weighted by Crippen LogP contribution is 2.39. The third-order valence-electron chi connectivity index (χ3n) is 9.35. The SMILES string of the molecule is COC(=O)N[C@@H]1[C@H](N)C[C@H](c2ccncc2Cc2ncc3ccc(-c4c(F)cc(C5(C#N)CCOCC5)cc4F)nn23)C[C@@H]1C. The summed E-state index contributed by atoms with van der Waals surface area (Å²) < 4.78 is 42.9. The number of carbonyl (C=O) groups excluding carboxylic acids is 1. The molecule has 4 heterocycles. The first kappa shape index (κ1) is 30.6. The lowest BCUT2D eigenvalue weighted by Gasteiger charge is -2.39. The number of rotatable bonds is 6. The number of nitriles is 1. The van der Waals surface area contributed by atoms with Crippen molar-refractivity contribution in [2.45, 2.75) is 62.4 Å². The Morgan fingerprint density at radius 3 is 2.64 bits per heavy atom. The first-order valence-electron chi connectivity index (χ1n) is 15.1. The topological polar surface area (TPSA) is 140 Å². The number of hydrogen-bond acceptors (Lipinski definition) is 8. The highest BCUT2D eigenvalue weighted by molar-refractivity contribution is 5.67. The number of nitrogens with zero attached hydrogens (tertiary/aromatic N) is 5. The van der Waals surface area contributed by atoms with Crippen LogP contribution in [-0.4, -0.2) is 58.1 Å². The summed E-state index contributed by atoms with van der Waals surface area (Å²) in [5.41, 5.74) is 8.41. The zero-order chi connectivity index (χ0) is 31.7. The maximum absolute atomic E-state index is 15.6. The predicted octanol–water partition coefficient (Wildman–Crippen LogP) is 4.80. The quantitative estimate of drug-likeness (QED) is 0.315. The molecule has 1 aliphatic carbocycles. The monoisotopic (exact) mass is 615 g/mol. The smallest absolute Gasteiger partial charge is 0.407 e. The van der Waals surface area contributed by atoms with Crippen molar-refractivity contribution in [1.82, 2.24) is 24.9 Å². The number of halogens is 2. The van der Waals surface area contributed by atoms with Gasteiger partial charge in [0.2, 0.25) is 0 Å². The van der Waals surface area contributed by atoms with Gasteiger partial charge >= 0.3 is 6.09 Å². The summed E-state index contributed by atoms with van der Waals surface area (Å²) in [4.78, 5) is 20.8. The molecular weight excluding hydrogens is 580 g/mol. The fourth-order valence-electron chi connectivity index (χ4n) is 6.91. The molecule has 0 bridgehead atoms. The minimum Gasteiger partial charge on any atom is -0.453 e. The van der Waals surface area contributed by atoms with Gasteiger partial charge in [0.05, 0.1) is 41.6 Å². The number of pyridine rings is 1. The van der Waals surface area contributed by atoms with Crippen LogP contribution in [0.4, 0.5) is 13.6 Å². The second kappa shape index (κ2) is 12.5. The molecule has 0 spiro atoms. The summed E-state index contributed by atoms with van der Waals surface area (Å²) in [7, 11) is 1.33. The summed E-state index contributed by atoms with van der Waals surface area (Å²) in [6.07, 6.45) is 7.32. The number of imidazole rings is 1. The van der Waals surface area contributed by atoms with Crippen LogP contribution < -0.4 is 11.1 Å². The predicted molar refractivity (Wildman–Crippen MR) is 161 cm³/mol. The van der Waals surface area contributed by atoms with Gasteiger partial charge in [-0.3, -0.25) is 4.98 Å². The van der Waals surface area contributed by atoms with Gasteiger partial charge in [-0.2, -0.15) is 10.4 Å². The van der Waals surface area contributed by atoms with Gasteiger partial charge in [0.25, 0.3) is 0 Å². The molecule has 12 heteroatoms. The number of benzene rings is 1. The number of carbonyl (C=O) groups is 1. The molecule has 6 rings (SSSR count). The Morgan fingerprint density at radius 2 is 1.96 bits per heavy atom. The molecule has 1 aliphatic heterocycles. The number of alkyl carbamates (subject to hydrolysis) is 1. The van der Waals surface area contributed by atoms with Crippen molar-refractivity contribution < 1.29 is 23.0 Å². The lowest BCUT2D eigenvalue weighted by atomic mass is 9.72. The van der Waals surface area contributed by atoms with Crippen LogP contribution >= 0.6 is 0 Å². The summed E-state index contributed by atoms with van der Waals surface area (Å²) in [6.45, 7) is 2.78. The molecule has 1 aromatic carbocycles. The zero-order valence-electron chi connectivity index (χ0n) is 25.2. The molecule has 0 unspecified atom stereocenters. The van der Waals surface area contributed by atoms with Crippen molar-refractivity contribution in [3.8, 4) is 17.3 Å². The molecular formula is C33H35F2N7O3. The molecule has 4 aromatic rings. The fraction of sp³-hybridized carbons (Fsp3) is 0.424. The van der Waals surface area contributed by atoms with Crippen LogP contribution in [0.25, 0.3) is 16.8 Å². The number of hydrogen-bond donors (Lipinski definition) is 2. The number of nitrogens with two attached hydrogens (primary N) is 1. The molecule has 234 valence electrons. The van der Waals surface area contributed by atoms with E-state index in [0.717, 1.165) is 17.5 Å². The first-order valence-corrected chi connectivity index (χ1v) is 15.1. The molecule has 3 N–H and O–H groups in total. The maximum Gasteiger partial charge on any atom is 0.407 e. The van der Waals surface area contributed by atoms with Crippen LogP contribution in [0, 0.1) is 28.9 Å². The summed E-state index contributed by atoms with van der Waals surface area (Å²) >= 11 is 0. The summed E-state index contributed by atoms with van der Waals surface area (Å²) in [5.74, 6) is -0.731. The Balaban J connectivity index is 1.29. The van der Waals surface area contributed by atoms with E-state index in [1.807, 2.05) is 6.07 Å². The highest BCUT2D eigenvalue weighted by atomic mass is 19.1. The van der Waals surface area contributed by atoms with Crippen LogP contribution in [0.1, 0.15) is 61.0 Å². The minimum absolute atomic E-state index is 0.112. The average molecular weight is 616 g/mol. The maximum atomic E-state index is 15.6. The van der Waals surface area contributed by atoms with Crippen LogP contribution in [0.5, 0.6) is 0 Å². The van der Waals surface area contributed by atoms with E-state index in [4.69, 9.17) is 15.2 Å². The lowest BCUT2D eigenvalue weighted by Crippen LogP contribution is -2.54. The van der Waals surface area contributed by atoms with E-state index < -0.39 is 23.1 Å². The first-order chi connectivity index (χ1) is 21.7. The van der Waals surface area contributed by atoms with Crippen molar-refractivity contribution in [2.75, 3.05) is 20.3 Å². The van der Waals surface area contributed by atoms with Crippen LogP contribution in [0.15, 0.2) is 48.9 Å². The van der Waals surface area contributed by atoms with Gasteiger partial charge in [-0.25, -0.2) is 23.1 Å². The van der Waals surface area contributed by atoms with Crippen molar-refractivity contribution in [3.63, 3.8) is 0 Å². The summed E-state index contributed by atoms with van der Waals surface area (Å²) in [6, 6.07) is 9.58. The van der Waals surface area contributed by atoms with E-state index in [1.165, 1.54) is 19.2 Å². The zero-order valence-corrected chi connectivity index (χ0v) is 25.2. The van der Waals surface area contributed by atoms with E-state index >= 15 is 8.78 Å². The number of fused-ring (bicyclic) bond motifs is 1. The van der Waals surface area contributed by atoms with Crippen molar-refractivity contribution in [3.05, 3.63) is 83.1 Å². The molecule has 3 aromatic heterocycles. The van der Waals surface area contributed by atoms with Gasteiger partial charge in [0, 0.05) is 44.1 Å². The largest absolute Gasteiger partial charge is 0.453 e. The van der Waals surface area contributed by atoms with Gasteiger partial charge in [-0.1, -0.05) is 6.92 Å². The van der Waals surface area contributed by atoms with E-state index in [0.29, 0.717) is 55.8 Å². The molecule has 1 saturated heterocycles. The summed E-state index contributed by atoms with van der Waals surface area (Å²) in [5, 5.41) is 17.4. The molecule has 4 atom stereocenters. The molecule has 1 saturated carbocycles. The Labute approximate surface area is 259 Å². The van der Waals surface area contributed by atoms with Gasteiger partial charge in [-0.15, -0.1) is 0 Å². The fourth-order valence-corrected chi connectivity index (χ4v) is 6.91. The second-order valence-electron chi connectivity index (χ2n) is 12.1. The number of ether oxygens (including phenoxy) is 2. The Bertz CT molecular complexity index is 1730. The van der Waals surface area contributed by atoms with E-state index in [9.17, 15) is 10.1 Å². The van der Waals surface area contributed by atoms with Crippen molar-refractivity contribution >= 4 is 11.6 Å².